The van der Waals surface area contributed by atoms with Crippen molar-refractivity contribution in [3.63, 3.8) is 0 Å². The minimum atomic E-state index is -0.392. The van der Waals surface area contributed by atoms with Crippen molar-refractivity contribution in [1.29, 1.82) is 5.26 Å². The number of hydrogen-bond donors (Lipinski definition) is 0. The summed E-state index contributed by atoms with van der Waals surface area (Å²) in [7, 11) is 1.35. The standard InChI is InChI=1S/C22H21N3O3S/c1-14(2)17-8-9-18-19(12-17)29-22(25(18)11-10-20(26)28-3)24-21(27)16-6-4-15(13-23)5-7-16/h4-9,12,14H,10-11H2,1-3H3. The highest BCUT2D eigenvalue weighted by Gasteiger charge is 2.12. The topological polar surface area (TPSA) is 84.5 Å². The Kier molecular flexibility index (Phi) is 6.25. The summed E-state index contributed by atoms with van der Waals surface area (Å²) in [4.78, 5) is 29.1. The van der Waals surface area contributed by atoms with Gasteiger partial charge in [-0.05, 0) is 47.9 Å². The molecule has 0 aliphatic carbocycles. The van der Waals surface area contributed by atoms with Gasteiger partial charge < -0.3 is 9.30 Å². The first-order valence-corrected chi connectivity index (χ1v) is 10.0. The fraction of sp³-hybridized carbons (Fsp3) is 0.273. The zero-order chi connectivity index (χ0) is 21.0. The molecule has 1 heterocycles. The summed E-state index contributed by atoms with van der Waals surface area (Å²) in [6.07, 6.45) is 0.187. The maximum absolute atomic E-state index is 12.7. The van der Waals surface area contributed by atoms with E-state index < -0.39 is 5.91 Å². The molecule has 7 heteroatoms. The summed E-state index contributed by atoms with van der Waals surface area (Å²) in [5.74, 6) is -0.331. The molecule has 29 heavy (non-hydrogen) atoms. The fourth-order valence-electron chi connectivity index (χ4n) is 2.89. The molecule has 2 aromatic carbocycles. The van der Waals surface area contributed by atoms with Gasteiger partial charge in [0.25, 0.3) is 5.91 Å². The molecule has 0 saturated heterocycles. The van der Waals surface area contributed by atoms with Gasteiger partial charge in [0.05, 0.1) is 35.4 Å². The summed E-state index contributed by atoms with van der Waals surface area (Å²) in [5, 5.41) is 8.91. The molecule has 0 aliphatic rings. The van der Waals surface area contributed by atoms with Gasteiger partial charge >= 0.3 is 5.97 Å². The summed E-state index contributed by atoms with van der Waals surface area (Å²) in [6.45, 7) is 4.62. The van der Waals surface area contributed by atoms with E-state index in [0.717, 1.165) is 10.2 Å². The maximum Gasteiger partial charge on any atom is 0.307 e. The van der Waals surface area contributed by atoms with Crippen molar-refractivity contribution in [3.8, 4) is 6.07 Å². The van der Waals surface area contributed by atoms with Crippen LogP contribution < -0.4 is 4.80 Å². The number of benzene rings is 2. The maximum atomic E-state index is 12.7. The number of amides is 1. The predicted molar refractivity (Wildman–Crippen MR) is 112 cm³/mol. The molecule has 1 amide bonds. The Bertz CT molecular complexity index is 1160. The molecular formula is C22H21N3O3S. The number of aryl methyl sites for hydroxylation is 1. The van der Waals surface area contributed by atoms with E-state index in [1.165, 1.54) is 24.0 Å². The van der Waals surface area contributed by atoms with E-state index in [1.54, 1.807) is 24.3 Å². The van der Waals surface area contributed by atoms with Gasteiger partial charge in [0.1, 0.15) is 0 Å². The number of aromatic nitrogens is 1. The number of hydrogen-bond acceptors (Lipinski definition) is 5. The molecule has 0 aliphatic heterocycles. The zero-order valence-electron chi connectivity index (χ0n) is 16.5. The highest BCUT2D eigenvalue weighted by molar-refractivity contribution is 7.16. The predicted octanol–water partition coefficient (Wildman–Crippen LogP) is 4.00. The van der Waals surface area contributed by atoms with Crippen LogP contribution in [0.4, 0.5) is 0 Å². The zero-order valence-corrected chi connectivity index (χ0v) is 17.3. The van der Waals surface area contributed by atoms with Gasteiger partial charge in [-0.1, -0.05) is 31.3 Å². The number of rotatable bonds is 5. The lowest BCUT2D eigenvalue weighted by molar-refractivity contribution is -0.140. The number of methoxy groups -OCH3 is 1. The third-order valence-corrected chi connectivity index (χ3v) is 5.64. The van der Waals surface area contributed by atoms with E-state index in [-0.39, 0.29) is 12.4 Å². The smallest absolute Gasteiger partial charge is 0.307 e. The minimum Gasteiger partial charge on any atom is -0.469 e. The van der Waals surface area contributed by atoms with E-state index in [0.29, 0.717) is 28.4 Å². The molecular weight excluding hydrogens is 386 g/mol. The second kappa shape index (κ2) is 8.84. The first kappa shape index (κ1) is 20.5. The molecule has 0 radical (unpaired) electrons. The fourth-order valence-corrected chi connectivity index (χ4v) is 4.00. The number of carbonyl (C=O) groups is 2. The van der Waals surface area contributed by atoms with Gasteiger partial charge in [0, 0.05) is 12.1 Å². The van der Waals surface area contributed by atoms with Crippen molar-refractivity contribution in [1.82, 2.24) is 4.57 Å². The second-order valence-electron chi connectivity index (χ2n) is 6.85. The molecule has 3 rings (SSSR count). The number of ether oxygens (including phenoxy) is 1. The molecule has 1 aromatic heterocycles. The van der Waals surface area contributed by atoms with Crippen LogP contribution in [0.5, 0.6) is 0 Å². The van der Waals surface area contributed by atoms with Crippen LogP contribution in [0.2, 0.25) is 0 Å². The van der Waals surface area contributed by atoms with Gasteiger partial charge in [0.15, 0.2) is 4.80 Å². The van der Waals surface area contributed by atoms with Crippen molar-refractivity contribution in [3.05, 3.63) is 64.0 Å². The Balaban J connectivity index is 2.07. The summed E-state index contributed by atoms with van der Waals surface area (Å²) >= 11 is 1.42. The lowest BCUT2D eigenvalue weighted by atomic mass is 10.0. The summed E-state index contributed by atoms with van der Waals surface area (Å²) in [6, 6.07) is 14.6. The van der Waals surface area contributed by atoms with Crippen molar-refractivity contribution in [2.45, 2.75) is 32.7 Å². The Hall–Kier alpha value is -3.24. The number of thiazole rings is 1. The molecule has 0 fully saturated rings. The van der Waals surface area contributed by atoms with E-state index in [1.807, 2.05) is 16.7 Å². The van der Waals surface area contributed by atoms with Crippen LogP contribution in [0.3, 0.4) is 0 Å². The van der Waals surface area contributed by atoms with Crippen LogP contribution >= 0.6 is 11.3 Å². The van der Waals surface area contributed by atoms with Gasteiger partial charge in [-0.2, -0.15) is 10.3 Å². The lowest BCUT2D eigenvalue weighted by Gasteiger charge is -2.07. The van der Waals surface area contributed by atoms with Gasteiger partial charge in [-0.3, -0.25) is 9.59 Å². The summed E-state index contributed by atoms with van der Waals surface area (Å²) < 4.78 is 7.63. The van der Waals surface area contributed by atoms with Crippen LogP contribution in [0.25, 0.3) is 10.2 Å². The second-order valence-corrected chi connectivity index (χ2v) is 7.86. The minimum absolute atomic E-state index is 0.187. The van der Waals surface area contributed by atoms with Crippen molar-refractivity contribution >= 4 is 33.4 Å². The number of nitrogens with zero attached hydrogens (tertiary/aromatic N) is 3. The molecule has 148 valence electrons. The van der Waals surface area contributed by atoms with E-state index >= 15 is 0 Å². The van der Waals surface area contributed by atoms with Crippen LogP contribution in [-0.2, 0) is 16.1 Å². The lowest BCUT2D eigenvalue weighted by Crippen LogP contribution is -2.19. The van der Waals surface area contributed by atoms with Crippen molar-refractivity contribution in [2.75, 3.05) is 7.11 Å². The number of nitriles is 1. The van der Waals surface area contributed by atoms with Crippen LogP contribution in [-0.4, -0.2) is 23.6 Å². The molecule has 0 saturated carbocycles. The monoisotopic (exact) mass is 407 g/mol. The Morgan fingerprint density at radius 2 is 1.93 bits per heavy atom. The molecule has 6 nitrogen and oxygen atoms in total. The SMILES string of the molecule is COC(=O)CCn1c(=NC(=O)c2ccc(C#N)cc2)sc2cc(C(C)C)ccc21. The number of fused-ring (bicyclic) bond motifs is 1. The normalized spacial score (nSPS) is 11.6. The Labute approximate surface area is 172 Å². The van der Waals surface area contributed by atoms with Crippen molar-refractivity contribution < 1.29 is 14.3 Å². The van der Waals surface area contributed by atoms with Gasteiger partial charge in [-0.25, -0.2) is 0 Å². The summed E-state index contributed by atoms with van der Waals surface area (Å²) in [5.41, 5.74) is 3.01. The highest BCUT2D eigenvalue weighted by atomic mass is 32.1. The molecule has 0 atom stereocenters. The molecule has 0 unspecified atom stereocenters. The average Bonchev–Trinajstić information content (AvgIpc) is 3.07. The third kappa shape index (κ3) is 4.61. The van der Waals surface area contributed by atoms with Gasteiger partial charge in [0.2, 0.25) is 0 Å². The van der Waals surface area contributed by atoms with Crippen LogP contribution in [0.1, 0.15) is 47.7 Å². The van der Waals surface area contributed by atoms with E-state index in [2.05, 4.69) is 31.0 Å². The number of carbonyl (C=O) groups excluding carboxylic acids is 2. The highest BCUT2D eigenvalue weighted by Crippen LogP contribution is 2.24. The quantitative estimate of drug-likeness (QED) is 0.598. The number of esters is 1. The van der Waals surface area contributed by atoms with E-state index in [9.17, 15) is 9.59 Å². The first-order valence-electron chi connectivity index (χ1n) is 9.22. The van der Waals surface area contributed by atoms with Crippen LogP contribution in [0.15, 0.2) is 47.5 Å². The van der Waals surface area contributed by atoms with Gasteiger partial charge in [-0.15, -0.1) is 0 Å². The Morgan fingerprint density at radius 1 is 1.21 bits per heavy atom. The van der Waals surface area contributed by atoms with Crippen molar-refractivity contribution in [2.24, 2.45) is 4.99 Å². The Morgan fingerprint density at radius 3 is 2.55 bits per heavy atom. The van der Waals surface area contributed by atoms with Crippen LogP contribution in [0, 0.1) is 11.3 Å². The average molecular weight is 407 g/mol. The van der Waals surface area contributed by atoms with E-state index in [4.69, 9.17) is 10.00 Å². The molecule has 0 spiro atoms. The molecule has 0 bridgehead atoms. The first-order chi connectivity index (χ1) is 13.9. The molecule has 3 aromatic rings. The largest absolute Gasteiger partial charge is 0.469 e. The molecule has 0 N–H and O–H groups in total. The third-order valence-electron chi connectivity index (χ3n) is 4.60.